The molecule has 68 valence electrons. The molecule has 0 aromatic heterocycles. The summed E-state index contributed by atoms with van der Waals surface area (Å²) in [5, 5.41) is 0. The van der Waals surface area contributed by atoms with Gasteiger partial charge in [-0.3, -0.25) is 4.90 Å². The molecule has 13 heavy (non-hydrogen) atoms. The van der Waals surface area contributed by atoms with E-state index in [1.54, 1.807) is 5.56 Å². The summed E-state index contributed by atoms with van der Waals surface area (Å²) in [4.78, 5) is 2.64. The lowest BCUT2D eigenvalue weighted by molar-refractivity contribution is 0.0242. The molecule has 2 aliphatic heterocycles. The molecule has 0 N–H and O–H groups in total. The fourth-order valence-corrected chi connectivity index (χ4v) is 2.93. The molecule has 1 atom stereocenters. The molecule has 1 unspecified atom stereocenters. The first-order chi connectivity index (χ1) is 6.42. The lowest BCUT2D eigenvalue weighted by Gasteiger charge is -2.48. The van der Waals surface area contributed by atoms with E-state index in [0.717, 1.165) is 0 Å². The van der Waals surface area contributed by atoms with Crippen LogP contribution in [0.5, 0.6) is 0 Å². The normalized spacial score (nSPS) is 32.6. The van der Waals surface area contributed by atoms with Gasteiger partial charge in [-0.25, -0.2) is 0 Å². The minimum Gasteiger partial charge on any atom is -0.293 e. The van der Waals surface area contributed by atoms with Crippen molar-refractivity contribution in [1.82, 2.24) is 4.90 Å². The zero-order valence-electron chi connectivity index (χ0n) is 7.87. The summed E-state index contributed by atoms with van der Waals surface area (Å²) >= 11 is 0. The molecule has 0 spiro atoms. The second-order valence-electron chi connectivity index (χ2n) is 4.24. The molecule has 1 aromatic carbocycles. The summed E-state index contributed by atoms with van der Waals surface area (Å²) in [5.41, 5.74) is 2.00. The predicted octanol–water partition coefficient (Wildman–Crippen LogP) is 2.38. The first-order valence-electron chi connectivity index (χ1n) is 5.22. The molecule has 2 fully saturated rings. The van der Waals surface area contributed by atoms with E-state index in [1.165, 1.54) is 32.4 Å². The summed E-state index contributed by atoms with van der Waals surface area (Å²) < 4.78 is 0. The van der Waals surface area contributed by atoms with E-state index in [4.69, 9.17) is 0 Å². The van der Waals surface area contributed by atoms with Gasteiger partial charge in [0, 0.05) is 12.1 Å². The van der Waals surface area contributed by atoms with Crippen molar-refractivity contribution in [2.75, 3.05) is 13.1 Å². The van der Waals surface area contributed by atoms with Crippen LogP contribution in [0.4, 0.5) is 0 Å². The van der Waals surface area contributed by atoms with Crippen molar-refractivity contribution in [2.45, 2.75) is 24.8 Å². The molecule has 0 bridgehead atoms. The van der Waals surface area contributed by atoms with Gasteiger partial charge < -0.3 is 0 Å². The Kier molecular flexibility index (Phi) is 1.50. The molecule has 2 aliphatic rings. The van der Waals surface area contributed by atoms with E-state index in [-0.39, 0.29) is 0 Å². The van der Waals surface area contributed by atoms with E-state index in [1.807, 2.05) is 0 Å². The van der Waals surface area contributed by atoms with Crippen molar-refractivity contribution in [2.24, 2.45) is 0 Å². The molecule has 2 heterocycles. The van der Waals surface area contributed by atoms with Gasteiger partial charge in [0.2, 0.25) is 0 Å². The van der Waals surface area contributed by atoms with E-state index in [9.17, 15) is 0 Å². The highest BCUT2D eigenvalue weighted by Gasteiger charge is 2.48. The fraction of sp³-hybridized carbons (Fsp3) is 0.500. The molecular formula is C12H15N. The highest BCUT2D eigenvalue weighted by molar-refractivity contribution is 5.28. The molecule has 0 radical (unpaired) electrons. The van der Waals surface area contributed by atoms with Crippen LogP contribution in [0.1, 0.15) is 24.8 Å². The van der Waals surface area contributed by atoms with Crippen LogP contribution in [-0.2, 0) is 5.54 Å². The van der Waals surface area contributed by atoms with Gasteiger partial charge >= 0.3 is 0 Å². The lowest BCUT2D eigenvalue weighted by Crippen LogP contribution is -2.52. The Morgan fingerprint density at radius 1 is 1.00 bits per heavy atom. The Hall–Kier alpha value is -0.820. The molecule has 1 heteroatoms. The number of fused-ring (bicyclic) bond motifs is 1. The van der Waals surface area contributed by atoms with Crippen LogP contribution in [-0.4, -0.2) is 18.0 Å². The largest absolute Gasteiger partial charge is 0.293 e. The Morgan fingerprint density at radius 2 is 1.85 bits per heavy atom. The zero-order chi connectivity index (χ0) is 8.73. The van der Waals surface area contributed by atoms with Gasteiger partial charge in [-0.15, -0.1) is 0 Å². The average Bonchev–Trinajstić information content (AvgIpc) is 2.45. The van der Waals surface area contributed by atoms with Gasteiger partial charge in [0.15, 0.2) is 0 Å². The first-order valence-corrected chi connectivity index (χ1v) is 5.22. The third-order valence-electron chi connectivity index (χ3n) is 3.73. The van der Waals surface area contributed by atoms with Crippen LogP contribution >= 0.6 is 0 Å². The van der Waals surface area contributed by atoms with Gasteiger partial charge in [-0.2, -0.15) is 0 Å². The summed E-state index contributed by atoms with van der Waals surface area (Å²) in [7, 11) is 0. The predicted molar refractivity (Wildman–Crippen MR) is 53.5 cm³/mol. The average molecular weight is 173 g/mol. The Balaban J connectivity index is 2.00. The second kappa shape index (κ2) is 2.58. The summed E-state index contributed by atoms with van der Waals surface area (Å²) in [5.74, 6) is 0. The minimum atomic E-state index is 0.460. The summed E-state index contributed by atoms with van der Waals surface area (Å²) in [6.45, 7) is 2.63. The highest BCUT2D eigenvalue weighted by Crippen LogP contribution is 2.48. The number of hydrogen-bond acceptors (Lipinski definition) is 1. The van der Waals surface area contributed by atoms with Crippen molar-refractivity contribution >= 4 is 0 Å². The number of hydrogen-bond donors (Lipinski definition) is 0. The lowest BCUT2D eigenvalue weighted by atomic mass is 9.78. The quantitative estimate of drug-likeness (QED) is 0.630. The molecule has 0 amide bonds. The molecule has 0 aliphatic carbocycles. The van der Waals surface area contributed by atoms with E-state index in [0.29, 0.717) is 5.54 Å². The van der Waals surface area contributed by atoms with Gasteiger partial charge in [0.1, 0.15) is 0 Å². The summed E-state index contributed by atoms with van der Waals surface area (Å²) in [6.07, 6.45) is 4.13. The van der Waals surface area contributed by atoms with Crippen LogP contribution in [0.15, 0.2) is 30.3 Å². The minimum absolute atomic E-state index is 0.460. The van der Waals surface area contributed by atoms with Crippen molar-refractivity contribution in [1.29, 1.82) is 0 Å². The maximum absolute atomic E-state index is 2.64. The maximum Gasteiger partial charge on any atom is 0.0473 e. The first kappa shape index (κ1) is 7.57. The number of rotatable bonds is 1. The zero-order valence-corrected chi connectivity index (χ0v) is 7.87. The van der Waals surface area contributed by atoms with Gasteiger partial charge in [0.25, 0.3) is 0 Å². The third kappa shape index (κ3) is 0.910. The van der Waals surface area contributed by atoms with E-state index >= 15 is 0 Å². The van der Waals surface area contributed by atoms with Crippen LogP contribution in [0.3, 0.4) is 0 Å². The molecule has 1 nitrogen and oxygen atoms in total. The smallest absolute Gasteiger partial charge is 0.0473 e. The van der Waals surface area contributed by atoms with Gasteiger partial charge in [0.05, 0.1) is 0 Å². The summed E-state index contributed by atoms with van der Waals surface area (Å²) in [6, 6.07) is 11.0. The van der Waals surface area contributed by atoms with E-state index in [2.05, 4.69) is 35.2 Å². The number of benzene rings is 1. The molecule has 0 saturated carbocycles. The molecule has 1 aromatic rings. The van der Waals surface area contributed by atoms with Gasteiger partial charge in [-0.1, -0.05) is 30.3 Å². The molecule has 2 saturated heterocycles. The van der Waals surface area contributed by atoms with Crippen molar-refractivity contribution < 1.29 is 0 Å². The number of nitrogens with zero attached hydrogens (tertiary/aromatic N) is 1. The molecule has 3 rings (SSSR count). The van der Waals surface area contributed by atoms with E-state index < -0.39 is 0 Å². The Labute approximate surface area is 79.4 Å². The van der Waals surface area contributed by atoms with Gasteiger partial charge in [-0.05, 0) is 31.4 Å². The highest BCUT2D eigenvalue weighted by atomic mass is 15.3. The topological polar surface area (TPSA) is 3.24 Å². The Bertz CT molecular complexity index is 306. The van der Waals surface area contributed by atoms with Crippen molar-refractivity contribution in [3.8, 4) is 0 Å². The van der Waals surface area contributed by atoms with Crippen LogP contribution < -0.4 is 0 Å². The second-order valence-corrected chi connectivity index (χ2v) is 4.24. The van der Waals surface area contributed by atoms with Crippen molar-refractivity contribution in [3.05, 3.63) is 35.9 Å². The SMILES string of the molecule is c1ccc(C23CCCN2CC3)cc1. The third-order valence-corrected chi connectivity index (χ3v) is 3.73. The van der Waals surface area contributed by atoms with Crippen LogP contribution in [0, 0.1) is 0 Å². The van der Waals surface area contributed by atoms with Crippen LogP contribution in [0.25, 0.3) is 0 Å². The van der Waals surface area contributed by atoms with Crippen molar-refractivity contribution in [3.63, 3.8) is 0 Å². The standard InChI is InChI=1S/C12H15N/c1-2-5-11(6-3-1)12-7-4-9-13(12)10-8-12/h1-3,5-6H,4,7-10H2. The van der Waals surface area contributed by atoms with Crippen LogP contribution in [0.2, 0.25) is 0 Å². The Morgan fingerprint density at radius 3 is 2.46 bits per heavy atom. The monoisotopic (exact) mass is 173 g/mol. The maximum atomic E-state index is 2.64. The fourth-order valence-electron chi connectivity index (χ4n) is 2.93. The molecular weight excluding hydrogens is 158 g/mol.